The molecule has 0 saturated carbocycles. The number of fused-ring (bicyclic) bond motifs is 2. The first kappa shape index (κ1) is 16.9. The van der Waals surface area contributed by atoms with Gasteiger partial charge in [-0.2, -0.15) is 13.2 Å². The van der Waals surface area contributed by atoms with Crippen LogP contribution >= 0.6 is 11.8 Å². The van der Waals surface area contributed by atoms with Crippen molar-refractivity contribution in [3.8, 4) is 0 Å². The summed E-state index contributed by atoms with van der Waals surface area (Å²) in [6.45, 7) is 3.86. The zero-order valence-electron chi connectivity index (χ0n) is 13.3. The molecular formula is C18H17F3N2S. The van der Waals surface area contributed by atoms with Gasteiger partial charge in [0.05, 0.1) is 16.9 Å². The fourth-order valence-corrected chi connectivity index (χ4v) is 3.84. The van der Waals surface area contributed by atoms with Crippen LogP contribution in [0.2, 0.25) is 0 Å². The summed E-state index contributed by atoms with van der Waals surface area (Å²) in [4.78, 5) is 5.64. The van der Waals surface area contributed by atoms with Crippen molar-refractivity contribution in [3.63, 3.8) is 0 Å². The van der Waals surface area contributed by atoms with E-state index < -0.39 is 11.7 Å². The molecule has 2 nitrogen and oxygen atoms in total. The highest BCUT2D eigenvalue weighted by Gasteiger charge is 2.34. The smallest absolute Gasteiger partial charge is 0.319 e. The Morgan fingerprint density at radius 3 is 2.38 bits per heavy atom. The molecule has 2 aromatic rings. The van der Waals surface area contributed by atoms with Crippen LogP contribution in [-0.4, -0.2) is 25.2 Å². The van der Waals surface area contributed by atoms with Crippen molar-refractivity contribution in [2.45, 2.75) is 22.1 Å². The summed E-state index contributed by atoms with van der Waals surface area (Å²) in [6.07, 6.45) is -2.89. The molecule has 126 valence electrons. The summed E-state index contributed by atoms with van der Waals surface area (Å²) in [5.74, 6) is 0. The van der Waals surface area contributed by atoms with Crippen molar-refractivity contribution >= 4 is 23.1 Å². The van der Waals surface area contributed by atoms with Crippen LogP contribution < -0.4 is 4.90 Å². The molecule has 0 spiro atoms. The average Bonchev–Trinajstić information content (AvgIpc) is 2.53. The zero-order chi connectivity index (χ0) is 17.5. The predicted molar refractivity (Wildman–Crippen MR) is 91.8 cm³/mol. The topological polar surface area (TPSA) is 6.48 Å². The lowest BCUT2D eigenvalue weighted by Gasteiger charge is -2.40. The van der Waals surface area contributed by atoms with Gasteiger partial charge in [0.15, 0.2) is 0 Å². The van der Waals surface area contributed by atoms with Crippen LogP contribution in [0.5, 0.6) is 0 Å². The number of nitrogens with zero attached hydrogens (tertiary/aromatic N) is 2. The first-order chi connectivity index (χ1) is 11.3. The van der Waals surface area contributed by atoms with Gasteiger partial charge >= 0.3 is 6.18 Å². The number of hydrogen-bond acceptors (Lipinski definition) is 3. The third kappa shape index (κ3) is 2.91. The van der Waals surface area contributed by atoms with E-state index in [0.29, 0.717) is 5.69 Å². The first-order valence-electron chi connectivity index (χ1n) is 7.39. The van der Waals surface area contributed by atoms with Crippen LogP contribution in [0.15, 0.2) is 64.9 Å². The van der Waals surface area contributed by atoms with E-state index in [1.165, 1.54) is 17.8 Å². The van der Waals surface area contributed by atoms with Crippen molar-refractivity contribution in [2.75, 3.05) is 19.0 Å². The minimum absolute atomic E-state index is 0.255. The van der Waals surface area contributed by atoms with Gasteiger partial charge in [0.25, 0.3) is 0 Å². The Balaban J connectivity index is 2.21. The maximum absolute atomic E-state index is 13.2. The van der Waals surface area contributed by atoms with Gasteiger partial charge in [0, 0.05) is 9.79 Å². The molecule has 1 heterocycles. The van der Waals surface area contributed by atoms with E-state index in [1.807, 2.05) is 48.2 Å². The number of alkyl halides is 3. The monoisotopic (exact) mass is 350 g/mol. The molecule has 0 amide bonds. The van der Waals surface area contributed by atoms with Gasteiger partial charge in [-0.15, -0.1) is 0 Å². The Morgan fingerprint density at radius 2 is 1.75 bits per heavy atom. The summed E-state index contributed by atoms with van der Waals surface area (Å²) in [5, 5.41) is 0. The van der Waals surface area contributed by atoms with Gasteiger partial charge in [-0.1, -0.05) is 36.5 Å². The number of anilines is 2. The Bertz CT molecular complexity index is 771. The number of halogens is 3. The van der Waals surface area contributed by atoms with Crippen LogP contribution in [0.25, 0.3) is 0 Å². The van der Waals surface area contributed by atoms with Gasteiger partial charge in [0.1, 0.15) is 6.17 Å². The van der Waals surface area contributed by atoms with Crippen molar-refractivity contribution in [3.05, 3.63) is 60.7 Å². The number of para-hydroxylation sites is 1. The fourth-order valence-electron chi connectivity index (χ4n) is 2.79. The minimum Gasteiger partial charge on any atom is -0.319 e. The van der Waals surface area contributed by atoms with E-state index in [0.717, 1.165) is 21.5 Å². The largest absolute Gasteiger partial charge is 0.416 e. The number of benzene rings is 2. The third-order valence-electron chi connectivity index (χ3n) is 3.89. The van der Waals surface area contributed by atoms with Gasteiger partial charge in [0.2, 0.25) is 0 Å². The molecule has 1 aliphatic heterocycles. The zero-order valence-corrected chi connectivity index (χ0v) is 14.2. The van der Waals surface area contributed by atoms with Crippen LogP contribution in [0.4, 0.5) is 24.5 Å². The Kier molecular flexibility index (Phi) is 4.36. The molecule has 0 radical (unpaired) electrons. The highest BCUT2D eigenvalue weighted by Crippen LogP contribution is 2.50. The molecule has 3 rings (SSSR count). The number of rotatable bonds is 3. The molecule has 6 heteroatoms. The summed E-state index contributed by atoms with van der Waals surface area (Å²) >= 11 is 1.48. The van der Waals surface area contributed by atoms with E-state index >= 15 is 0 Å². The summed E-state index contributed by atoms with van der Waals surface area (Å²) in [7, 11) is 3.76. The molecule has 0 saturated heterocycles. The van der Waals surface area contributed by atoms with E-state index in [-0.39, 0.29) is 6.17 Å². The molecule has 0 aromatic heterocycles. The van der Waals surface area contributed by atoms with Gasteiger partial charge < -0.3 is 4.90 Å². The molecule has 0 bridgehead atoms. The highest BCUT2D eigenvalue weighted by molar-refractivity contribution is 7.99. The average molecular weight is 350 g/mol. The lowest BCUT2D eigenvalue weighted by atomic mass is 10.1. The number of hydrogen-bond donors (Lipinski definition) is 0. The van der Waals surface area contributed by atoms with Gasteiger partial charge in [-0.05, 0) is 44.4 Å². The van der Waals surface area contributed by atoms with E-state index in [9.17, 15) is 13.2 Å². The van der Waals surface area contributed by atoms with Crippen molar-refractivity contribution in [2.24, 2.45) is 0 Å². The molecular weight excluding hydrogens is 333 g/mol. The number of likely N-dealkylation sites (N-methyl/N-ethyl adjacent to an activating group) is 1. The van der Waals surface area contributed by atoms with Crippen LogP contribution in [-0.2, 0) is 6.18 Å². The summed E-state index contributed by atoms with van der Waals surface area (Å²) < 4.78 is 39.5. The SMILES string of the molecule is C=CC(N(C)C)N1c2ccccc2Sc2ccc(C(F)(F)F)cc21. The van der Waals surface area contributed by atoms with Crippen molar-refractivity contribution in [1.29, 1.82) is 0 Å². The Morgan fingerprint density at radius 1 is 1.08 bits per heavy atom. The second-order valence-corrected chi connectivity index (χ2v) is 6.82. The maximum Gasteiger partial charge on any atom is 0.416 e. The Hall–Kier alpha value is -1.92. The minimum atomic E-state index is -4.37. The van der Waals surface area contributed by atoms with Crippen LogP contribution in [0, 0.1) is 0 Å². The Labute approximate surface area is 143 Å². The molecule has 24 heavy (non-hydrogen) atoms. The molecule has 0 aliphatic carbocycles. The highest BCUT2D eigenvalue weighted by atomic mass is 32.2. The third-order valence-corrected chi connectivity index (χ3v) is 5.03. The standard InChI is InChI=1S/C18H17F3N2S/c1-4-17(22(2)3)23-13-7-5-6-8-15(13)24-16-10-9-12(11-14(16)23)18(19,20)21/h4-11,17H,1H2,2-3H3. The maximum atomic E-state index is 13.2. The quantitative estimate of drug-likeness (QED) is 0.686. The van der Waals surface area contributed by atoms with E-state index in [4.69, 9.17) is 0 Å². The van der Waals surface area contributed by atoms with Crippen molar-refractivity contribution in [1.82, 2.24) is 4.90 Å². The lowest BCUT2D eigenvalue weighted by molar-refractivity contribution is -0.137. The second-order valence-electron chi connectivity index (χ2n) is 5.73. The van der Waals surface area contributed by atoms with E-state index in [2.05, 4.69) is 6.58 Å². The lowest BCUT2D eigenvalue weighted by Crippen LogP contribution is -2.42. The van der Waals surface area contributed by atoms with Gasteiger partial charge in [-0.3, -0.25) is 4.90 Å². The molecule has 0 N–H and O–H groups in total. The van der Waals surface area contributed by atoms with Crippen LogP contribution in [0.1, 0.15) is 5.56 Å². The molecule has 1 unspecified atom stereocenters. The molecule has 1 atom stereocenters. The van der Waals surface area contributed by atoms with Crippen molar-refractivity contribution < 1.29 is 13.2 Å². The van der Waals surface area contributed by atoms with E-state index in [1.54, 1.807) is 12.1 Å². The normalized spacial score (nSPS) is 15.0. The fraction of sp³-hybridized carbons (Fsp3) is 0.222. The summed E-state index contributed by atoms with van der Waals surface area (Å²) in [5.41, 5.74) is 0.785. The predicted octanol–water partition coefficient (Wildman–Crippen LogP) is 5.38. The first-order valence-corrected chi connectivity index (χ1v) is 8.21. The molecule has 0 fully saturated rings. The second kappa shape index (κ2) is 6.18. The van der Waals surface area contributed by atoms with Gasteiger partial charge in [-0.25, -0.2) is 0 Å². The molecule has 2 aromatic carbocycles. The van der Waals surface area contributed by atoms with Crippen LogP contribution in [0.3, 0.4) is 0 Å². The summed E-state index contributed by atoms with van der Waals surface area (Å²) in [6, 6.07) is 11.6. The molecule has 1 aliphatic rings.